The Balaban J connectivity index is 1.61. The molecule has 31 heavy (non-hydrogen) atoms. The number of nitrogens with one attached hydrogen (secondary N) is 3. The first-order chi connectivity index (χ1) is 15.0. The summed E-state index contributed by atoms with van der Waals surface area (Å²) in [7, 11) is 0. The molecule has 3 heterocycles. The molecular formula is C21H28FN7O2. The zero-order chi connectivity index (χ0) is 21.8. The van der Waals surface area contributed by atoms with Crippen LogP contribution < -0.4 is 26.6 Å². The van der Waals surface area contributed by atoms with Gasteiger partial charge in [0.05, 0.1) is 24.6 Å². The second kappa shape index (κ2) is 9.44. The number of ether oxygens (including phenoxy) is 1. The van der Waals surface area contributed by atoms with Gasteiger partial charge in [-0.2, -0.15) is 0 Å². The molecule has 0 unspecified atom stereocenters. The quantitative estimate of drug-likeness (QED) is 0.525. The van der Waals surface area contributed by atoms with Crippen molar-refractivity contribution < 1.29 is 13.9 Å². The summed E-state index contributed by atoms with van der Waals surface area (Å²) >= 11 is 0. The van der Waals surface area contributed by atoms with Crippen LogP contribution >= 0.6 is 0 Å². The van der Waals surface area contributed by atoms with Crippen LogP contribution in [0.2, 0.25) is 0 Å². The van der Waals surface area contributed by atoms with Crippen molar-refractivity contribution in [2.75, 3.05) is 54.9 Å². The summed E-state index contributed by atoms with van der Waals surface area (Å²) in [6.07, 6.45) is 1.57. The summed E-state index contributed by atoms with van der Waals surface area (Å²) in [5.41, 5.74) is 7.23. The highest BCUT2D eigenvalue weighted by molar-refractivity contribution is 5.96. The van der Waals surface area contributed by atoms with E-state index < -0.39 is 5.91 Å². The Morgan fingerprint density at radius 1 is 1.32 bits per heavy atom. The lowest BCUT2D eigenvalue weighted by molar-refractivity contribution is 0.0996. The monoisotopic (exact) mass is 429 g/mol. The SMILES string of the molecule is CCc1nc(C(N)=O)c(Nc2ccc(N3CCOCC3)c(F)c2)nc1N[C@@H]1CCNC1. The first-order valence-corrected chi connectivity index (χ1v) is 10.6. The maximum atomic E-state index is 14.8. The fourth-order valence-corrected chi connectivity index (χ4v) is 3.84. The Bertz CT molecular complexity index is 944. The molecule has 9 nitrogen and oxygen atoms in total. The van der Waals surface area contributed by atoms with Gasteiger partial charge in [0.25, 0.3) is 5.91 Å². The minimum absolute atomic E-state index is 0.0320. The van der Waals surface area contributed by atoms with Gasteiger partial charge in [-0.1, -0.05) is 6.92 Å². The van der Waals surface area contributed by atoms with Gasteiger partial charge < -0.3 is 31.3 Å². The largest absolute Gasteiger partial charge is 0.378 e. The number of aromatic nitrogens is 2. The average Bonchev–Trinajstić information content (AvgIpc) is 3.27. The smallest absolute Gasteiger partial charge is 0.271 e. The van der Waals surface area contributed by atoms with E-state index in [0.717, 1.165) is 19.5 Å². The van der Waals surface area contributed by atoms with Gasteiger partial charge >= 0.3 is 0 Å². The third kappa shape index (κ3) is 4.86. The number of benzene rings is 1. The van der Waals surface area contributed by atoms with Crippen molar-refractivity contribution in [1.82, 2.24) is 15.3 Å². The van der Waals surface area contributed by atoms with Gasteiger partial charge in [-0.15, -0.1) is 0 Å². The molecule has 0 radical (unpaired) electrons. The standard InChI is InChI=1S/C21H28FN7O2/c1-2-16-20(26-14-5-6-24-12-14)28-21(18(27-16)19(23)30)25-13-3-4-17(15(22)11-13)29-7-9-31-10-8-29/h3-4,11,14,24H,2,5-10,12H2,1H3,(H2,23,30)(H2,25,26,28)/t14-/m1/s1. The number of hydrogen-bond acceptors (Lipinski definition) is 8. The van der Waals surface area contributed by atoms with Gasteiger partial charge in [-0.3, -0.25) is 4.79 Å². The van der Waals surface area contributed by atoms with Gasteiger partial charge in [0.15, 0.2) is 17.3 Å². The van der Waals surface area contributed by atoms with E-state index in [1.54, 1.807) is 12.1 Å². The van der Waals surface area contributed by atoms with Crippen LogP contribution in [-0.2, 0) is 11.2 Å². The molecule has 2 saturated heterocycles. The van der Waals surface area contributed by atoms with E-state index in [0.29, 0.717) is 55.6 Å². The number of primary amides is 1. The minimum atomic E-state index is -0.691. The number of aryl methyl sites for hydroxylation is 1. The Hall–Kier alpha value is -2.98. The van der Waals surface area contributed by atoms with E-state index in [1.165, 1.54) is 6.07 Å². The number of anilines is 4. The topological polar surface area (TPSA) is 117 Å². The van der Waals surface area contributed by atoms with Crippen LogP contribution in [0.3, 0.4) is 0 Å². The molecule has 1 amide bonds. The minimum Gasteiger partial charge on any atom is -0.378 e. The highest BCUT2D eigenvalue weighted by Crippen LogP contribution is 2.27. The number of nitrogens with two attached hydrogens (primary N) is 1. The van der Waals surface area contributed by atoms with Crippen LogP contribution in [-0.4, -0.2) is 61.3 Å². The van der Waals surface area contributed by atoms with Crippen molar-refractivity contribution >= 4 is 28.9 Å². The normalized spacial score (nSPS) is 18.8. The summed E-state index contributed by atoms with van der Waals surface area (Å²) in [6.45, 7) is 6.15. The van der Waals surface area contributed by atoms with Crippen molar-refractivity contribution in [1.29, 1.82) is 0 Å². The summed E-state index contributed by atoms with van der Waals surface area (Å²) in [5, 5.41) is 9.72. The van der Waals surface area contributed by atoms with Gasteiger partial charge in [0.2, 0.25) is 0 Å². The van der Waals surface area contributed by atoms with Crippen LogP contribution in [0.5, 0.6) is 0 Å². The lowest BCUT2D eigenvalue weighted by Crippen LogP contribution is -2.36. The van der Waals surface area contributed by atoms with Crippen molar-refractivity contribution in [3.8, 4) is 0 Å². The molecule has 166 valence electrons. The number of hydrogen-bond donors (Lipinski definition) is 4. The number of carbonyl (C=O) groups excluding carboxylic acids is 1. The van der Waals surface area contributed by atoms with E-state index in [4.69, 9.17) is 10.5 Å². The van der Waals surface area contributed by atoms with Crippen LogP contribution in [0, 0.1) is 5.82 Å². The van der Waals surface area contributed by atoms with Crippen molar-refractivity contribution in [3.63, 3.8) is 0 Å². The fraction of sp³-hybridized carbons (Fsp3) is 0.476. The lowest BCUT2D eigenvalue weighted by atomic mass is 10.2. The van der Waals surface area contributed by atoms with E-state index >= 15 is 0 Å². The van der Waals surface area contributed by atoms with Gasteiger partial charge in [-0.05, 0) is 37.6 Å². The maximum Gasteiger partial charge on any atom is 0.271 e. The highest BCUT2D eigenvalue weighted by Gasteiger charge is 2.21. The molecule has 0 saturated carbocycles. The number of morpholine rings is 1. The van der Waals surface area contributed by atoms with Crippen molar-refractivity contribution in [3.05, 3.63) is 35.4 Å². The zero-order valence-corrected chi connectivity index (χ0v) is 17.6. The van der Waals surface area contributed by atoms with E-state index in [2.05, 4.69) is 25.9 Å². The molecule has 4 rings (SSSR count). The summed E-state index contributed by atoms with van der Waals surface area (Å²) in [6, 6.07) is 5.09. The van der Waals surface area contributed by atoms with E-state index in [1.807, 2.05) is 11.8 Å². The van der Waals surface area contributed by atoms with Gasteiger partial charge in [-0.25, -0.2) is 14.4 Å². The number of amides is 1. The average molecular weight is 430 g/mol. The third-order valence-corrected chi connectivity index (χ3v) is 5.50. The van der Waals surface area contributed by atoms with Crippen LogP contribution in [0.25, 0.3) is 0 Å². The molecule has 2 aliphatic rings. The molecular weight excluding hydrogens is 401 g/mol. The maximum absolute atomic E-state index is 14.8. The molecule has 0 bridgehead atoms. The lowest BCUT2D eigenvalue weighted by Gasteiger charge is -2.29. The third-order valence-electron chi connectivity index (χ3n) is 5.50. The predicted octanol–water partition coefficient (Wildman–Crippen LogP) is 1.63. The van der Waals surface area contributed by atoms with Crippen LogP contribution in [0.15, 0.2) is 18.2 Å². The first kappa shape index (κ1) is 21.3. The molecule has 10 heteroatoms. The molecule has 1 aromatic carbocycles. The molecule has 5 N–H and O–H groups in total. The predicted molar refractivity (Wildman–Crippen MR) is 118 cm³/mol. The molecule has 2 aliphatic heterocycles. The Labute approximate surface area is 180 Å². The fourth-order valence-electron chi connectivity index (χ4n) is 3.84. The summed E-state index contributed by atoms with van der Waals surface area (Å²) in [5.74, 6) is -0.240. The van der Waals surface area contributed by atoms with Crippen molar-refractivity contribution in [2.24, 2.45) is 5.73 Å². The van der Waals surface area contributed by atoms with Crippen LogP contribution in [0.1, 0.15) is 29.5 Å². The summed E-state index contributed by atoms with van der Waals surface area (Å²) < 4.78 is 20.1. The summed E-state index contributed by atoms with van der Waals surface area (Å²) in [4.78, 5) is 23.0. The van der Waals surface area contributed by atoms with Crippen molar-refractivity contribution in [2.45, 2.75) is 25.8 Å². The number of halogens is 1. The molecule has 2 fully saturated rings. The molecule has 0 spiro atoms. The van der Waals surface area contributed by atoms with Gasteiger partial charge in [0, 0.05) is 31.4 Å². The van der Waals surface area contributed by atoms with Crippen LogP contribution in [0.4, 0.5) is 27.4 Å². The molecule has 1 atom stereocenters. The van der Waals surface area contributed by atoms with Gasteiger partial charge in [0.1, 0.15) is 5.82 Å². The van der Waals surface area contributed by atoms with E-state index in [-0.39, 0.29) is 23.4 Å². The first-order valence-electron chi connectivity index (χ1n) is 10.6. The zero-order valence-electron chi connectivity index (χ0n) is 17.6. The second-order valence-electron chi connectivity index (χ2n) is 7.66. The number of carbonyl (C=O) groups is 1. The second-order valence-corrected chi connectivity index (χ2v) is 7.66. The Kier molecular flexibility index (Phi) is 6.47. The molecule has 0 aliphatic carbocycles. The van der Waals surface area contributed by atoms with E-state index in [9.17, 15) is 9.18 Å². The Morgan fingerprint density at radius 3 is 2.77 bits per heavy atom. The number of rotatable bonds is 7. The molecule has 2 aromatic rings. The highest BCUT2D eigenvalue weighted by atomic mass is 19.1. The number of nitrogens with zero attached hydrogens (tertiary/aromatic N) is 3. The Morgan fingerprint density at radius 2 is 2.13 bits per heavy atom. The molecule has 1 aromatic heterocycles.